The Morgan fingerprint density at radius 3 is 1.78 bits per heavy atom. The Morgan fingerprint density at radius 2 is 1.13 bits per heavy atom. The Balaban J connectivity index is 1.24. The summed E-state index contributed by atoms with van der Waals surface area (Å²) >= 11 is 0. The van der Waals surface area contributed by atoms with Crippen LogP contribution in [-0.2, 0) is 0 Å². The van der Waals surface area contributed by atoms with Crippen LogP contribution in [0.5, 0.6) is 0 Å². The maximum atomic E-state index is 5.08. The molecule has 0 unspecified atom stereocenters. The van der Waals surface area contributed by atoms with Gasteiger partial charge in [-0.2, -0.15) is 0 Å². The Hall–Kier alpha value is -5.80. The zero-order valence-corrected chi connectivity index (χ0v) is 24.7. The summed E-state index contributed by atoms with van der Waals surface area (Å²) < 4.78 is 2.40. The van der Waals surface area contributed by atoms with Crippen molar-refractivity contribution in [3.8, 4) is 28.3 Å². The summed E-state index contributed by atoms with van der Waals surface area (Å²) in [6.07, 6.45) is 8.79. The standard InChI is InChI=1S/C42H29N3/c1-3-13-30(14-4-1)36-27-37(31-15-5-2-6-16-31)44-42(43-36)32-19-23-33(24-20-32)45-38-25-21-28-11-7-9-17-34(28)40(38)41-35-18-10-8-12-29(35)22-26-39(41)45/h1,3-5,7-27H,2,6H2. The quantitative estimate of drug-likeness (QED) is 0.209. The molecule has 9 rings (SSSR count). The molecule has 0 saturated heterocycles. The van der Waals surface area contributed by atoms with E-state index in [2.05, 4.69) is 150 Å². The predicted molar refractivity (Wildman–Crippen MR) is 189 cm³/mol. The minimum atomic E-state index is 0.733. The third-order valence-corrected chi connectivity index (χ3v) is 9.02. The summed E-state index contributed by atoms with van der Waals surface area (Å²) in [5.74, 6) is 0.733. The number of rotatable bonds is 4. The van der Waals surface area contributed by atoms with Crippen molar-refractivity contribution in [1.29, 1.82) is 0 Å². The first-order valence-corrected chi connectivity index (χ1v) is 15.6. The molecule has 2 heterocycles. The molecule has 2 aromatic heterocycles. The van der Waals surface area contributed by atoms with E-state index >= 15 is 0 Å². The average molecular weight is 576 g/mol. The third-order valence-electron chi connectivity index (χ3n) is 9.02. The van der Waals surface area contributed by atoms with Crippen LogP contribution >= 0.6 is 0 Å². The number of benzene rings is 6. The van der Waals surface area contributed by atoms with Crippen LogP contribution in [0.15, 0.2) is 152 Å². The molecule has 3 heteroatoms. The fourth-order valence-electron chi connectivity index (χ4n) is 6.87. The Bertz CT molecular complexity index is 2370. The molecule has 0 N–H and O–H groups in total. The molecular formula is C42H29N3. The van der Waals surface area contributed by atoms with E-state index in [4.69, 9.17) is 9.97 Å². The minimum absolute atomic E-state index is 0.733. The number of hydrogen-bond donors (Lipinski definition) is 0. The molecular weight excluding hydrogens is 546 g/mol. The summed E-state index contributed by atoms with van der Waals surface area (Å²) in [7, 11) is 0. The highest BCUT2D eigenvalue weighted by Gasteiger charge is 2.18. The van der Waals surface area contributed by atoms with Crippen molar-refractivity contribution < 1.29 is 0 Å². The zero-order chi connectivity index (χ0) is 29.7. The highest BCUT2D eigenvalue weighted by molar-refractivity contribution is 6.28. The molecule has 0 radical (unpaired) electrons. The lowest BCUT2D eigenvalue weighted by Crippen LogP contribution is -1.99. The van der Waals surface area contributed by atoms with Gasteiger partial charge in [0, 0.05) is 27.6 Å². The van der Waals surface area contributed by atoms with Crippen molar-refractivity contribution in [2.24, 2.45) is 0 Å². The van der Waals surface area contributed by atoms with Crippen LogP contribution in [0.4, 0.5) is 0 Å². The van der Waals surface area contributed by atoms with Crippen molar-refractivity contribution in [2.45, 2.75) is 12.8 Å². The number of fused-ring (bicyclic) bond motifs is 7. The van der Waals surface area contributed by atoms with Crippen LogP contribution in [0.25, 0.3) is 77.3 Å². The lowest BCUT2D eigenvalue weighted by atomic mass is 10.00. The van der Waals surface area contributed by atoms with Crippen LogP contribution in [0, 0.1) is 0 Å². The molecule has 0 saturated carbocycles. The lowest BCUT2D eigenvalue weighted by Gasteiger charge is -2.12. The fraction of sp³-hybridized carbons (Fsp3) is 0.0476. The van der Waals surface area contributed by atoms with Crippen LogP contribution in [0.1, 0.15) is 18.5 Å². The number of aromatic nitrogens is 3. The summed E-state index contributed by atoms with van der Waals surface area (Å²) in [6.45, 7) is 0. The van der Waals surface area contributed by atoms with Gasteiger partial charge >= 0.3 is 0 Å². The SMILES string of the molecule is C1=CC(c2cc(-c3ccccc3)nc(-c3ccc(-n4c5ccc6ccccc6c5c5c6ccccc6ccc54)cc3)n2)=CCC1. The molecule has 0 bridgehead atoms. The first-order valence-electron chi connectivity index (χ1n) is 15.6. The van der Waals surface area contributed by atoms with E-state index in [0.29, 0.717) is 0 Å². The van der Waals surface area contributed by atoms with Crippen LogP contribution < -0.4 is 0 Å². The second-order valence-electron chi connectivity index (χ2n) is 11.7. The molecule has 3 nitrogen and oxygen atoms in total. The van der Waals surface area contributed by atoms with Crippen LogP contribution in [0.2, 0.25) is 0 Å². The van der Waals surface area contributed by atoms with E-state index in [9.17, 15) is 0 Å². The Morgan fingerprint density at radius 1 is 0.511 bits per heavy atom. The highest BCUT2D eigenvalue weighted by Crippen LogP contribution is 2.40. The normalized spacial score (nSPS) is 13.2. The maximum absolute atomic E-state index is 5.08. The number of allylic oxidation sites excluding steroid dienone is 4. The average Bonchev–Trinajstić information content (AvgIpc) is 3.48. The van der Waals surface area contributed by atoms with Gasteiger partial charge in [-0.05, 0) is 82.4 Å². The molecule has 0 fully saturated rings. The van der Waals surface area contributed by atoms with Gasteiger partial charge in [0.15, 0.2) is 5.82 Å². The first-order chi connectivity index (χ1) is 22.3. The third kappa shape index (κ3) is 4.28. The summed E-state index contributed by atoms with van der Waals surface area (Å²) in [4.78, 5) is 10.1. The van der Waals surface area contributed by atoms with Gasteiger partial charge in [0.2, 0.25) is 0 Å². The van der Waals surface area contributed by atoms with Gasteiger partial charge in [0.1, 0.15) is 0 Å². The van der Waals surface area contributed by atoms with Crippen molar-refractivity contribution in [2.75, 3.05) is 0 Å². The van der Waals surface area contributed by atoms with E-state index < -0.39 is 0 Å². The van der Waals surface area contributed by atoms with Crippen molar-refractivity contribution in [1.82, 2.24) is 14.5 Å². The van der Waals surface area contributed by atoms with E-state index in [1.54, 1.807) is 0 Å². The first kappa shape index (κ1) is 25.7. The lowest BCUT2D eigenvalue weighted by molar-refractivity contribution is 1.03. The minimum Gasteiger partial charge on any atom is -0.309 e. The second-order valence-corrected chi connectivity index (χ2v) is 11.7. The largest absolute Gasteiger partial charge is 0.309 e. The molecule has 6 aromatic carbocycles. The molecule has 0 aliphatic heterocycles. The molecule has 45 heavy (non-hydrogen) atoms. The Kier molecular flexibility index (Phi) is 5.95. The smallest absolute Gasteiger partial charge is 0.160 e. The van der Waals surface area contributed by atoms with E-state index in [1.807, 2.05) is 6.07 Å². The zero-order valence-electron chi connectivity index (χ0n) is 24.7. The van der Waals surface area contributed by atoms with Crippen LogP contribution in [-0.4, -0.2) is 14.5 Å². The molecule has 0 atom stereocenters. The van der Waals surface area contributed by atoms with Crippen molar-refractivity contribution >= 4 is 48.9 Å². The summed E-state index contributed by atoms with van der Waals surface area (Å²) in [5, 5.41) is 7.64. The summed E-state index contributed by atoms with van der Waals surface area (Å²) in [6, 6.07) is 47.7. The maximum Gasteiger partial charge on any atom is 0.160 e. The van der Waals surface area contributed by atoms with Gasteiger partial charge in [-0.15, -0.1) is 0 Å². The molecule has 8 aromatic rings. The highest BCUT2D eigenvalue weighted by atomic mass is 15.0. The van der Waals surface area contributed by atoms with Gasteiger partial charge < -0.3 is 4.57 Å². The Labute approximate surface area is 261 Å². The summed E-state index contributed by atoms with van der Waals surface area (Å²) in [5.41, 5.74) is 8.65. The van der Waals surface area contributed by atoms with Crippen molar-refractivity contribution in [3.05, 3.63) is 157 Å². The van der Waals surface area contributed by atoms with E-state index in [1.165, 1.54) is 43.4 Å². The molecule has 1 aliphatic carbocycles. The van der Waals surface area contributed by atoms with Crippen molar-refractivity contribution in [3.63, 3.8) is 0 Å². The topological polar surface area (TPSA) is 30.7 Å². The van der Waals surface area contributed by atoms with Gasteiger partial charge in [0.05, 0.1) is 22.4 Å². The number of hydrogen-bond acceptors (Lipinski definition) is 2. The molecule has 0 spiro atoms. The van der Waals surface area contributed by atoms with E-state index in [0.717, 1.165) is 52.4 Å². The van der Waals surface area contributed by atoms with Gasteiger partial charge in [-0.25, -0.2) is 9.97 Å². The predicted octanol–water partition coefficient (Wildman–Crippen LogP) is 10.9. The van der Waals surface area contributed by atoms with Gasteiger partial charge in [-0.1, -0.05) is 109 Å². The molecule has 0 amide bonds. The van der Waals surface area contributed by atoms with Crippen LogP contribution in [0.3, 0.4) is 0 Å². The van der Waals surface area contributed by atoms with E-state index in [-0.39, 0.29) is 0 Å². The second kappa shape index (κ2) is 10.4. The fourth-order valence-corrected chi connectivity index (χ4v) is 6.87. The van der Waals surface area contributed by atoms with Gasteiger partial charge in [0.25, 0.3) is 0 Å². The monoisotopic (exact) mass is 575 g/mol. The number of nitrogens with zero attached hydrogens (tertiary/aromatic N) is 3. The molecule has 212 valence electrons. The van der Waals surface area contributed by atoms with Gasteiger partial charge in [-0.3, -0.25) is 0 Å². The molecule has 1 aliphatic rings.